The first kappa shape index (κ1) is 16.0. The summed E-state index contributed by atoms with van der Waals surface area (Å²) >= 11 is 0. The van der Waals surface area contributed by atoms with Gasteiger partial charge in [0.1, 0.15) is 0 Å². The molecule has 0 unspecified atom stereocenters. The molecule has 0 bridgehead atoms. The van der Waals surface area contributed by atoms with Crippen LogP contribution in [0.5, 0.6) is 0 Å². The molecule has 2 rings (SSSR count). The van der Waals surface area contributed by atoms with Crippen molar-refractivity contribution in [1.82, 2.24) is 14.8 Å². The summed E-state index contributed by atoms with van der Waals surface area (Å²) in [6.07, 6.45) is 0.758. The summed E-state index contributed by atoms with van der Waals surface area (Å²) in [5, 5.41) is 7.66. The van der Waals surface area contributed by atoms with Crippen molar-refractivity contribution < 1.29 is 8.42 Å². The number of nitrogens with zero attached hydrogens (tertiary/aromatic N) is 3. The Morgan fingerprint density at radius 2 is 1.71 bits per heavy atom. The summed E-state index contributed by atoms with van der Waals surface area (Å²) in [5.74, 6) is 0.547. The second-order valence-corrected chi connectivity index (χ2v) is 7.63. The zero-order valence-electron chi connectivity index (χ0n) is 12.5. The molecular weight excluding hydrogens is 310 g/mol. The van der Waals surface area contributed by atoms with Gasteiger partial charge in [0.05, 0.1) is 0 Å². The fourth-order valence-electron chi connectivity index (χ4n) is 2.61. The van der Waals surface area contributed by atoms with Crippen LogP contribution in [0.3, 0.4) is 0 Å². The first-order valence-corrected chi connectivity index (χ1v) is 9.02. The Morgan fingerprint density at radius 3 is 2.19 bits per heavy atom. The van der Waals surface area contributed by atoms with E-state index in [9.17, 15) is 8.42 Å². The van der Waals surface area contributed by atoms with Crippen LogP contribution < -0.4 is 0 Å². The third kappa shape index (κ3) is 3.11. The first-order chi connectivity index (χ1) is 9.75. The van der Waals surface area contributed by atoms with Crippen LogP contribution in [0.15, 0.2) is 17.3 Å². The van der Waals surface area contributed by atoms with Crippen molar-refractivity contribution >= 4 is 19.7 Å². The maximum absolute atomic E-state index is 11.6. The number of halogens is 1. The minimum absolute atomic E-state index is 0.194. The van der Waals surface area contributed by atoms with E-state index in [4.69, 9.17) is 10.7 Å². The summed E-state index contributed by atoms with van der Waals surface area (Å²) in [6.45, 7) is 8.44. The lowest BCUT2D eigenvalue weighted by molar-refractivity contribution is 0.570. The van der Waals surface area contributed by atoms with Crippen LogP contribution in [0.2, 0.25) is 0 Å². The Bertz CT molecular complexity index is 759. The van der Waals surface area contributed by atoms with Crippen LogP contribution in [0.25, 0.3) is 11.4 Å². The third-order valence-corrected chi connectivity index (χ3v) is 4.43. The van der Waals surface area contributed by atoms with E-state index in [1.807, 2.05) is 39.8 Å². The van der Waals surface area contributed by atoms with Crippen molar-refractivity contribution in [2.24, 2.45) is 0 Å². The van der Waals surface area contributed by atoms with Gasteiger partial charge in [-0.1, -0.05) is 24.6 Å². The number of hydrogen-bond acceptors (Lipinski definition) is 4. The molecule has 0 aliphatic rings. The van der Waals surface area contributed by atoms with Crippen molar-refractivity contribution in [3.05, 3.63) is 28.8 Å². The summed E-state index contributed by atoms with van der Waals surface area (Å²) in [5.41, 5.74) is 4.14. The molecule has 5 nitrogen and oxygen atoms in total. The molecule has 21 heavy (non-hydrogen) atoms. The van der Waals surface area contributed by atoms with Gasteiger partial charge in [-0.3, -0.25) is 4.57 Å². The van der Waals surface area contributed by atoms with Gasteiger partial charge in [0.15, 0.2) is 5.82 Å². The van der Waals surface area contributed by atoms with Crippen LogP contribution in [0.4, 0.5) is 0 Å². The molecule has 0 fully saturated rings. The standard InChI is InChI=1S/C14H18ClN3O2S/c1-5-6-18-13(16-17-14(18)21(15,19)20)12-10(3)7-9(2)8-11(12)4/h7-8H,5-6H2,1-4H3. The van der Waals surface area contributed by atoms with Crippen molar-refractivity contribution in [2.45, 2.75) is 45.8 Å². The molecule has 0 N–H and O–H groups in total. The average Bonchev–Trinajstić information content (AvgIpc) is 2.72. The van der Waals surface area contributed by atoms with Crippen molar-refractivity contribution in [3.63, 3.8) is 0 Å². The van der Waals surface area contributed by atoms with Gasteiger partial charge in [0.25, 0.3) is 14.2 Å². The Morgan fingerprint density at radius 1 is 1.14 bits per heavy atom. The largest absolute Gasteiger partial charge is 0.297 e. The maximum atomic E-state index is 11.6. The average molecular weight is 328 g/mol. The molecule has 2 aromatic rings. The predicted octanol–water partition coefficient (Wildman–Crippen LogP) is 3.21. The lowest BCUT2D eigenvalue weighted by Gasteiger charge is -2.13. The van der Waals surface area contributed by atoms with Crippen molar-refractivity contribution in [1.29, 1.82) is 0 Å². The molecule has 0 saturated carbocycles. The Balaban J connectivity index is 2.74. The zero-order chi connectivity index (χ0) is 15.8. The molecule has 1 heterocycles. The molecule has 0 aliphatic carbocycles. The van der Waals surface area contributed by atoms with Gasteiger partial charge >= 0.3 is 0 Å². The molecule has 0 atom stereocenters. The van der Waals surface area contributed by atoms with Crippen LogP contribution in [-0.2, 0) is 15.6 Å². The fraction of sp³-hybridized carbons (Fsp3) is 0.429. The first-order valence-electron chi connectivity index (χ1n) is 6.71. The fourth-order valence-corrected chi connectivity index (χ4v) is 3.53. The van der Waals surface area contributed by atoms with E-state index in [0.29, 0.717) is 12.4 Å². The Labute approximate surface area is 129 Å². The monoisotopic (exact) mass is 327 g/mol. The molecular formula is C14H18ClN3O2S. The van der Waals surface area contributed by atoms with Gasteiger partial charge < -0.3 is 0 Å². The van der Waals surface area contributed by atoms with E-state index in [-0.39, 0.29) is 5.16 Å². The second-order valence-electron chi connectivity index (χ2n) is 5.17. The minimum Gasteiger partial charge on any atom is -0.297 e. The zero-order valence-corrected chi connectivity index (χ0v) is 14.1. The minimum atomic E-state index is -3.92. The summed E-state index contributed by atoms with van der Waals surface area (Å²) < 4.78 is 24.9. The number of rotatable bonds is 4. The van der Waals surface area contributed by atoms with E-state index in [1.54, 1.807) is 4.57 Å². The van der Waals surface area contributed by atoms with E-state index in [0.717, 1.165) is 28.7 Å². The second kappa shape index (κ2) is 5.77. The third-order valence-electron chi connectivity index (χ3n) is 3.28. The van der Waals surface area contributed by atoms with Crippen molar-refractivity contribution in [3.8, 4) is 11.4 Å². The Hall–Kier alpha value is -1.40. The molecule has 1 aromatic heterocycles. The molecule has 0 saturated heterocycles. The van der Waals surface area contributed by atoms with Crippen LogP contribution in [-0.4, -0.2) is 23.2 Å². The molecule has 0 radical (unpaired) electrons. The molecule has 114 valence electrons. The summed E-state index contributed by atoms with van der Waals surface area (Å²) in [4.78, 5) is 0. The Kier molecular flexibility index (Phi) is 4.39. The highest BCUT2D eigenvalue weighted by Gasteiger charge is 2.24. The van der Waals surface area contributed by atoms with Gasteiger partial charge in [-0.15, -0.1) is 10.2 Å². The lowest BCUT2D eigenvalue weighted by Crippen LogP contribution is -2.08. The van der Waals surface area contributed by atoms with E-state index >= 15 is 0 Å². The van der Waals surface area contributed by atoms with E-state index in [2.05, 4.69) is 10.2 Å². The number of hydrogen-bond donors (Lipinski definition) is 0. The normalized spacial score (nSPS) is 11.9. The van der Waals surface area contributed by atoms with Crippen LogP contribution in [0.1, 0.15) is 30.0 Å². The molecule has 0 aliphatic heterocycles. The number of benzene rings is 1. The quantitative estimate of drug-likeness (QED) is 0.809. The maximum Gasteiger partial charge on any atom is 0.296 e. The molecule has 0 amide bonds. The van der Waals surface area contributed by atoms with Gasteiger partial charge in [0.2, 0.25) is 0 Å². The van der Waals surface area contributed by atoms with E-state index < -0.39 is 9.05 Å². The van der Waals surface area contributed by atoms with Gasteiger partial charge in [-0.25, -0.2) is 8.42 Å². The number of aryl methyl sites for hydroxylation is 3. The van der Waals surface area contributed by atoms with Gasteiger partial charge in [-0.2, -0.15) is 0 Å². The van der Waals surface area contributed by atoms with Gasteiger partial charge in [-0.05, 0) is 38.3 Å². The SMILES string of the molecule is CCCn1c(-c2c(C)cc(C)cc2C)nnc1S(=O)(=O)Cl. The highest BCUT2D eigenvalue weighted by Crippen LogP contribution is 2.29. The lowest BCUT2D eigenvalue weighted by atomic mass is 9.99. The summed E-state index contributed by atoms with van der Waals surface area (Å²) in [6, 6.07) is 4.09. The molecule has 0 spiro atoms. The highest BCUT2D eigenvalue weighted by atomic mass is 35.7. The topological polar surface area (TPSA) is 64.8 Å². The van der Waals surface area contributed by atoms with Crippen molar-refractivity contribution in [2.75, 3.05) is 0 Å². The predicted molar refractivity (Wildman–Crippen MR) is 83.0 cm³/mol. The van der Waals surface area contributed by atoms with Crippen LogP contribution >= 0.6 is 10.7 Å². The number of aromatic nitrogens is 3. The highest BCUT2D eigenvalue weighted by molar-refractivity contribution is 8.13. The van der Waals surface area contributed by atoms with Gasteiger partial charge in [0, 0.05) is 22.8 Å². The smallest absolute Gasteiger partial charge is 0.296 e. The summed E-state index contributed by atoms with van der Waals surface area (Å²) in [7, 11) is 1.54. The van der Waals surface area contributed by atoms with Crippen LogP contribution in [0, 0.1) is 20.8 Å². The molecule has 1 aromatic carbocycles. The molecule has 7 heteroatoms. The van der Waals surface area contributed by atoms with E-state index in [1.165, 1.54) is 0 Å².